The first kappa shape index (κ1) is 30.1. The molecule has 0 aromatic rings. The van der Waals surface area contributed by atoms with Crippen LogP contribution in [0, 0.1) is 10.1 Å². The number of nitrogens with zero attached hydrogens (tertiary/aromatic N) is 1. The normalized spacial score (nSPS) is 15.9. The Hall–Kier alpha value is -0.870. The number of phosphoric acid groups is 1. The van der Waals surface area contributed by atoms with E-state index in [0.717, 1.165) is 6.92 Å². The second-order valence-electron chi connectivity index (χ2n) is 7.46. The topological polar surface area (TPSA) is 150 Å². The molecule has 12 nitrogen and oxygen atoms in total. The Kier molecular flexibility index (Phi) is 12.0. The van der Waals surface area contributed by atoms with Crippen molar-refractivity contribution in [3.8, 4) is 0 Å². The first-order valence-electron chi connectivity index (χ1n) is 9.97. The summed E-state index contributed by atoms with van der Waals surface area (Å²) < 4.78 is 57.6. The maximum Gasteiger partial charge on any atom is 0.475 e. The van der Waals surface area contributed by atoms with Crippen LogP contribution in [-0.4, -0.2) is 54.3 Å². The summed E-state index contributed by atoms with van der Waals surface area (Å²) in [6, 6.07) is 0. The zero-order valence-corrected chi connectivity index (χ0v) is 21.2. The van der Waals surface area contributed by atoms with Crippen molar-refractivity contribution in [3.05, 3.63) is 10.1 Å². The highest BCUT2D eigenvalue weighted by molar-refractivity contribution is 7.56. The Labute approximate surface area is 183 Å². The van der Waals surface area contributed by atoms with Gasteiger partial charge < -0.3 is 13.8 Å². The predicted molar refractivity (Wildman–Crippen MR) is 112 cm³/mol. The molecular formula is C17H35NO11P2. The molecule has 184 valence electrons. The van der Waals surface area contributed by atoms with Gasteiger partial charge in [0.15, 0.2) is 5.85 Å². The van der Waals surface area contributed by atoms with Gasteiger partial charge in [-0.1, -0.05) is 0 Å². The van der Waals surface area contributed by atoms with E-state index in [1.807, 2.05) is 0 Å². The number of carbonyl (C=O) groups excluding carboxylic acids is 1. The van der Waals surface area contributed by atoms with Crippen molar-refractivity contribution in [1.82, 2.24) is 0 Å². The molecule has 1 unspecified atom stereocenters. The molecule has 0 radical (unpaired) electrons. The average molecular weight is 491 g/mol. The summed E-state index contributed by atoms with van der Waals surface area (Å²) >= 11 is 0. The minimum atomic E-state index is -4.31. The fraction of sp³-hybridized carbons (Fsp3) is 0.941. The largest absolute Gasteiger partial charge is 0.475 e. The predicted octanol–water partition coefficient (Wildman–Crippen LogP) is 4.54. The summed E-state index contributed by atoms with van der Waals surface area (Å²) in [7, 11) is -8.58. The maximum atomic E-state index is 13.4. The van der Waals surface area contributed by atoms with Crippen LogP contribution >= 0.6 is 15.4 Å². The van der Waals surface area contributed by atoms with Crippen molar-refractivity contribution in [3.63, 3.8) is 0 Å². The van der Waals surface area contributed by atoms with Gasteiger partial charge in [0.25, 0.3) is 0 Å². The number of esters is 1. The molecule has 0 fully saturated rings. The van der Waals surface area contributed by atoms with Gasteiger partial charge in [-0.2, -0.15) is 0 Å². The van der Waals surface area contributed by atoms with E-state index in [1.165, 1.54) is 27.7 Å². The third-order valence-corrected chi connectivity index (χ3v) is 7.67. The average Bonchev–Trinajstić information content (AvgIpc) is 2.60. The van der Waals surface area contributed by atoms with E-state index in [1.54, 1.807) is 20.8 Å². The molecule has 0 aliphatic rings. The van der Waals surface area contributed by atoms with E-state index >= 15 is 0 Å². The zero-order valence-electron chi connectivity index (χ0n) is 19.4. The standard InChI is InChI=1S/C17H35NO11P2/c1-9-24-30(22,25-10-2)14(29-31(23,26-11-3)27-12-4)13-17(8,18(20)21)15(19)28-16(5,6)7/h14H,9-13H2,1-8H3/t14?,17-/m1/s1. The van der Waals surface area contributed by atoms with E-state index in [2.05, 4.69) is 0 Å². The lowest BCUT2D eigenvalue weighted by Gasteiger charge is -2.32. The molecule has 0 saturated heterocycles. The second-order valence-corrected chi connectivity index (χ2v) is 11.2. The van der Waals surface area contributed by atoms with Gasteiger partial charge in [-0.3, -0.25) is 28.3 Å². The van der Waals surface area contributed by atoms with Crippen LogP contribution in [0.25, 0.3) is 0 Å². The van der Waals surface area contributed by atoms with Crippen LogP contribution in [0.15, 0.2) is 0 Å². The first-order chi connectivity index (χ1) is 14.1. The van der Waals surface area contributed by atoms with E-state index in [9.17, 15) is 24.0 Å². The number of phosphoric ester groups is 1. The summed E-state index contributed by atoms with van der Waals surface area (Å²) in [4.78, 5) is 23.7. The quantitative estimate of drug-likeness (QED) is 0.137. The van der Waals surface area contributed by atoms with Crippen molar-refractivity contribution >= 4 is 21.4 Å². The van der Waals surface area contributed by atoms with Gasteiger partial charge in [-0.25, -0.2) is 9.36 Å². The van der Waals surface area contributed by atoms with Crippen LogP contribution in [0.5, 0.6) is 0 Å². The lowest BCUT2D eigenvalue weighted by molar-refractivity contribution is -0.553. The fourth-order valence-electron chi connectivity index (χ4n) is 2.29. The van der Waals surface area contributed by atoms with E-state index in [0.29, 0.717) is 0 Å². The molecule has 31 heavy (non-hydrogen) atoms. The Balaban J connectivity index is 6.39. The summed E-state index contributed by atoms with van der Waals surface area (Å²) in [5, 5.41) is 11.9. The van der Waals surface area contributed by atoms with E-state index < -0.39 is 49.7 Å². The van der Waals surface area contributed by atoms with Crippen LogP contribution in [0.4, 0.5) is 0 Å². The summed E-state index contributed by atoms with van der Waals surface area (Å²) in [6.45, 7) is 11.3. The second kappa shape index (κ2) is 12.4. The molecule has 0 saturated carbocycles. The molecule has 0 heterocycles. The minimum Gasteiger partial charge on any atom is -0.455 e. The molecule has 0 aliphatic carbocycles. The van der Waals surface area contributed by atoms with Gasteiger partial charge in [0.1, 0.15) is 5.60 Å². The summed E-state index contributed by atoms with van der Waals surface area (Å²) in [5.74, 6) is -3.01. The first-order valence-corrected chi connectivity index (χ1v) is 13.0. The van der Waals surface area contributed by atoms with Crippen molar-refractivity contribution in [2.45, 2.75) is 78.8 Å². The van der Waals surface area contributed by atoms with Crippen molar-refractivity contribution < 1.29 is 46.2 Å². The molecule has 0 N–H and O–H groups in total. The van der Waals surface area contributed by atoms with E-state index in [4.69, 9.17) is 27.4 Å². The fourth-order valence-corrected chi connectivity index (χ4v) is 6.01. The number of nitro groups is 1. The highest BCUT2D eigenvalue weighted by atomic mass is 31.2. The number of ether oxygens (including phenoxy) is 1. The summed E-state index contributed by atoms with van der Waals surface area (Å²) in [5.41, 5.74) is -3.45. The molecule has 0 bridgehead atoms. The molecule has 14 heteroatoms. The van der Waals surface area contributed by atoms with Crippen molar-refractivity contribution in [1.29, 1.82) is 0 Å². The molecule has 2 atom stereocenters. The minimum absolute atomic E-state index is 0.0872. The van der Waals surface area contributed by atoms with Crippen LogP contribution in [-0.2, 0) is 41.3 Å². The molecule has 0 spiro atoms. The van der Waals surface area contributed by atoms with Gasteiger partial charge in [0.2, 0.25) is 0 Å². The zero-order chi connectivity index (χ0) is 24.5. The highest BCUT2D eigenvalue weighted by Crippen LogP contribution is 2.63. The third-order valence-electron chi connectivity index (χ3n) is 3.61. The van der Waals surface area contributed by atoms with Gasteiger partial charge in [0.05, 0.1) is 32.8 Å². The van der Waals surface area contributed by atoms with Crippen LogP contribution in [0.2, 0.25) is 0 Å². The van der Waals surface area contributed by atoms with E-state index in [-0.39, 0.29) is 26.4 Å². The SMILES string of the molecule is CCOP(=O)(OCC)OC(C[C@](C)(C(=O)OC(C)(C)C)[N+](=O)[O-])P(=O)(OCC)OCC. The monoisotopic (exact) mass is 491 g/mol. The van der Waals surface area contributed by atoms with Gasteiger partial charge in [0, 0.05) is 11.8 Å². The smallest absolute Gasteiger partial charge is 0.455 e. The van der Waals surface area contributed by atoms with Crippen molar-refractivity contribution in [2.24, 2.45) is 0 Å². The molecule has 0 aromatic carbocycles. The van der Waals surface area contributed by atoms with Crippen LogP contribution in [0.3, 0.4) is 0 Å². The lowest BCUT2D eigenvalue weighted by atomic mass is 9.99. The molecular weight excluding hydrogens is 456 g/mol. The number of hydrogen-bond donors (Lipinski definition) is 0. The van der Waals surface area contributed by atoms with Crippen LogP contribution in [0.1, 0.15) is 61.8 Å². The lowest BCUT2D eigenvalue weighted by Crippen LogP contribution is -2.49. The third kappa shape index (κ3) is 9.26. The molecule has 0 amide bonds. The molecule has 0 rings (SSSR count). The van der Waals surface area contributed by atoms with Crippen LogP contribution < -0.4 is 0 Å². The Morgan fingerprint density at radius 3 is 1.65 bits per heavy atom. The number of carbonyl (C=O) groups is 1. The van der Waals surface area contributed by atoms with Gasteiger partial charge in [-0.05, 0) is 48.5 Å². The van der Waals surface area contributed by atoms with Crippen molar-refractivity contribution in [2.75, 3.05) is 26.4 Å². The Morgan fingerprint density at radius 2 is 1.32 bits per heavy atom. The number of hydrogen-bond acceptors (Lipinski definition) is 11. The van der Waals surface area contributed by atoms with Gasteiger partial charge in [-0.15, -0.1) is 0 Å². The maximum absolute atomic E-state index is 13.4. The highest BCUT2D eigenvalue weighted by Gasteiger charge is 2.56. The Bertz CT molecular complexity index is 674. The number of rotatable bonds is 15. The molecule has 0 aliphatic heterocycles. The Morgan fingerprint density at radius 1 is 0.903 bits per heavy atom. The van der Waals surface area contributed by atoms with Gasteiger partial charge >= 0.3 is 26.9 Å². The molecule has 0 aromatic heterocycles. The summed E-state index contributed by atoms with van der Waals surface area (Å²) in [6.07, 6.45) is -0.837.